The number of nitriles is 1. The summed E-state index contributed by atoms with van der Waals surface area (Å²) >= 11 is 0. The Balaban J connectivity index is 2.92. The number of aryl methyl sites for hydroxylation is 1. The Morgan fingerprint density at radius 2 is 2.29 bits per heavy atom. The molecule has 2 aromatic heterocycles. The van der Waals surface area contributed by atoms with Crippen molar-refractivity contribution in [3.05, 3.63) is 39.9 Å². The topological polar surface area (TPSA) is 67.4 Å². The summed E-state index contributed by atoms with van der Waals surface area (Å²) in [7, 11) is 0. The van der Waals surface area contributed by atoms with Gasteiger partial charge in [0.2, 0.25) is 5.88 Å². The van der Waals surface area contributed by atoms with Crippen molar-refractivity contribution in [3.8, 4) is 11.9 Å². The summed E-state index contributed by atoms with van der Waals surface area (Å²) < 4.78 is 6.61. The number of pyridine rings is 1. The van der Waals surface area contributed by atoms with E-state index in [0.717, 1.165) is 5.69 Å². The molecule has 5 heteroatoms. The van der Waals surface area contributed by atoms with Crippen LogP contribution in [0.15, 0.2) is 23.0 Å². The molecule has 86 valence electrons. The third-order valence-electron chi connectivity index (χ3n) is 2.44. The van der Waals surface area contributed by atoms with Crippen molar-refractivity contribution in [1.82, 2.24) is 9.38 Å². The van der Waals surface area contributed by atoms with E-state index >= 15 is 0 Å². The highest BCUT2D eigenvalue weighted by Crippen LogP contribution is 2.18. The van der Waals surface area contributed by atoms with Gasteiger partial charge in [0, 0.05) is 5.69 Å². The van der Waals surface area contributed by atoms with Gasteiger partial charge in [0.05, 0.1) is 12.1 Å². The lowest BCUT2D eigenvalue weighted by molar-refractivity contribution is 0.324. The minimum Gasteiger partial charge on any atom is -0.477 e. The second kappa shape index (κ2) is 4.26. The van der Waals surface area contributed by atoms with E-state index in [1.807, 2.05) is 6.07 Å². The Morgan fingerprint density at radius 3 is 2.94 bits per heavy atom. The predicted molar refractivity (Wildman–Crippen MR) is 62.1 cm³/mol. The molecule has 17 heavy (non-hydrogen) atoms. The Labute approximate surface area is 97.9 Å². The van der Waals surface area contributed by atoms with Gasteiger partial charge in [0.15, 0.2) is 0 Å². The summed E-state index contributed by atoms with van der Waals surface area (Å²) in [4.78, 5) is 15.6. The summed E-state index contributed by atoms with van der Waals surface area (Å²) in [6.07, 6.45) is 0. The van der Waals surface area contributed by atoms with Crippen LogP contribution in [0.1, 0.15) is 18.2 Å². The smallest absolute Gasteiger partial charge is 0.355 e. The van der Waals surface area contributed by atoms with E-state index in [2.05, 4.69) is 4.98 Å². The van der Waals surface area contributed by atoms with Gasteiger partial charge >= 0.3 is 5.69 Å². The van der Waals surface area contributed by atoms with Crippen LogP contribution in [0.25, 0.3) is 5.52 Å². The highest BCUT2D eigenvalue weighted by atomic mass is 16.5. The molecule has 0 aliphatic rings. The Bertz CT molecular complexity index is 668. The number of ether oxygens (including phenoxy) is 1. The molecule has 5 nitrogen and oxygen atoms in total. The summed E-state index contributed by atoms with van der Waals surface area (Å²) in [6.45, 7) is 3.93. The van der Waals surface area contributed by atoms with Gasteiger partial charge in [-0.05, 0) is 26.0 Å². The van der Waals surface area contributed by atoms with Crippen LogP contribution in [-0.2, 0) is 0 Å². The summed E-state index contributed by atoms with van der Waals surface area (Å²) in [5, 5.41) is 9.14. The number of fused-ring (bicyclic) bond motifs is 1. The molecule has 0 radical (unpaired) electrons. The fraction of sp³-hybridized carbons (Fsp3) is 0.250. The molecule has 0 amide bonds. The van der Waals surface area contributed by atoms with Crippen molar-refractivity contribution in [2.75, 3.05) is 6.61 Å². The van der Waals surface area contributed by atoms with E-state index in [1.165, 1.54) is 4.40 Å². The molecule has 0 bridgehead atoms. The van der Waals surface area contributed by atoms with Crippen LogP contribution in [0.4, 0.5) is 0 Å². The lowest BCUT2D eigenvalue weighted by Gasteiger charge is -2.09. The van der Waals surface area contributed by atoms with Crippen LogP contribution < -0.4 is 10.4 Å². The molecule has 0 spiro atoms. The first-order valence-electron chi connectivity index (χ1n) is 5.24. The normalized spacial score (nSPS) is 10.2. The molecule has 0 unspecified atom stereocenters. The Morgan fingerprint density at radius 1 is 1.53 bits per heavy atom. The summed E-state index contributed by atoms with van der Waals surface area (Å²) in [6, 6.07) is 7.32. The monoisotopic (exact) mass is 229 g/mol. The fourth-order valence-electron chi connectivity index (χ4n) is 1.72. The Hall–Kier alpha value is -2.35. The van der Waals surface area contributed by atoms with Gasteiger partial charge in [0.25, 0.3) is 0 Å². The van der Waals surface area contributed by atoms with E-state index in [-0.39, 0.29) is 11.4 Å². The van der Waals surface area contributed by atoms with Gasteiger partial charge < -0.3 is 4.74 Å². The molecular weight excluding hydrogens is 218 g/mol. The van der Waals surface area contributed by atoms with Crippen LogP contribution in [-0.4, -0.2) is 16.0 Å². The highest BCUT2D eigenvalue weighted by Gasteiger charge is 2.13. The average molecular weight is 229 g/mol. The minimum atomic E-state index is -0.430. The zero-order valence-corrected chi connectivity index (χ0v) is 9.60. The van der Waals surface area contributed by atoms with Crippen LogP contribution in [0.2, 0.25) is 0 Å². The number of hydrogen-bond acceptors (Lipinski definition) is 4. The van der Waals surface area contributed by atoms with Crippen molar-refractivity contribution in [2.24, 2.45) is 0 Å². The standard InChI is InChI=1S/C12H11N3O2/c1-3-17-11-9(7-13)10-6-4-5-8(2)15(10)12(16)14-11/h4-6H,3H2,1-2H3. The highest BCUT2D eigenvalue weighted by molar-refractivity contribution is 5.64. The maximum Gasteiger partial charge on any atom is 0.355 e. The van der Waals surface area contributed by atoms with Crippen molar-refractivity contribution in [3.63, 3.8) is 0 Å². The van der Waals surface area contributed by atoms with Crippen molar-refractivity contribution < 1.29 is 4.74 Å². The maximum absolute atomic E-state index is 11.8. The van der Waals surface area contributed by atoms with Crippen molar-refractivity contribution in [2.45, 2.75) is 13.8 Å². The predicted octanol–water partition coefficient (Wildman–Crippen LogP) is 1.27. The van der Waals surface area contributed by atoms with Gasteiger partial charge in [-0.3, -0.25) is 4.40 Å². The number of nitrogens with zero attached hydrogens (tertiary/aromatic N) is 3. The number of hydrogen-bond donors (Lipinski definition) is 0. The molecule has 2 rings (SSSR count). The zero-order valence-electron chi connectivity index (χ0n) is 9.60. The third-order valence-corrected chi connectivity index (χ3v) is 2.44. The third kappa shape index (κ3) is 1.74. The number of aromatic nitrogens is 2. The molecule has 0 aliphatic heterocycles. The van der Waals surface area contributed by atoms with Crippen molar-refractivity contribution in [1.29, 1.82) is 5.26 Å². The molecule has 0 fully saturated rings. The molecule has 0 N–H and O–H groups in total. The molecule has 2 aromatic rings. The summed E-state index contributed by atoms with van der Waals surface area (Å²) in [5.41, 5.74) is 1.12. The van der Waals surface area contributed by atoms with E-state index < -0.39 is 5.69 Å². The van der Waals surface area contributed by atoms with Gasteiger partial charge in [-0.1, -0.05) is 6.07 Å². The molecule has 0 saturated heterocycles. The largest absolute Gasteiger partial charge is 0.477 e. The molecule has 2 heterocycles. The quantitative estimate of drug-likeness (QED) is 0.777. The number of rotatable bonds is 2. The maximum atomic E-state index is 11.8. The van der Waals surface area contributed by atoms with Gasteiger partial charge in [-0.15, -0.1) is 0 Å². The van der Waals surface area contributed by atoms with E-state index in [9.17, 15) is 4.79 Å². The Kier molecular flexibility index (Phi) is 2.79. The van der Waals surface area contributed by atoms with Gasteiger partial charge in [-0.25, -0.2) is 4.79 Å². The first kappa shape index (κ1) is 11.1. The molecular formula is C12H11N3O2. The average Bonchev–Trinajstić information content (AvgIpc) is 2.29. The first-order valence-corrected chi connectivity index (χ1v) is 5.24. The molecule has 0 saturated carbocycles. The zero-order chi connectivity index (χ0) is 12.4. The second-order valence-electron chi connectivity index (χ2n) is 3.51. The van der Waals surface area contributed by atoms with Crippen LogP contribution >= 0.6 is 0 Å². The molecule has 0 atom stereocenters. The lowest BCUT2D eigenvalue weighted by atomic mass is 10.2. The van der Waals surface area contributed by atoms with E-state index in [1.54, 1.807) is 32.0 Å². The first-order chi connectivity index (χ1) is 8.19. The van der Waals surface area contributed by atoms with Gasteiger partial charge in [0.1, 0.15) is 11.6 Å². The molecule has 0 aromatic carbocycles. The minimum absolute atomic E-state index is 0.102. The van der Waals surface area contributed by atoms with Crippen molar-refractivity contribution >= 4 is 5.52 Å². The SMILES string of the molecule is CCOc1nc(=O)n2c(C)cccc2c1C#N. The van der Waals surface area contributed by atoms with Crippen LogP contribution in [0.3, 0.4) is 0 Å². The van der Waals surface area contributed by atoms with Gasteiger partial charge in [-0.2, -0.15) is 10.2 Å². The van der Waals surface area contributed by atoms with E-state index in [0.29, 0.717) is 12.1 Å². The lowest BCUT2D eigenvalue weighted by Crippen LogP contribution is -2.21. The van der Waals surface area contributed by atoms with Crippen LogP contribution in [0.5, 0.6) is 5.88 Å². The molecule has 0 aliphatic carbocycles. The second-order valence-corrected chi connectivity index (χ2v) is 3.51. The fourth-order valence-corrected chi connectivity index (χ4v) is 1.72. The summed E-state index contributed by atoms with van der Waals surface area (Å²) in [5.74, 6) is 0.102. The van der Waals surface area contributed by atoms with E-state index in [4.69, 9.17) is 10.00 Å². The van der Waals surface area contributed by atoms with Crippen LogP contribution in [0, 0.1) is 18.3 Å².